The number of carbonyl (C=O) groups excluding carboxylic acids is 2. The lowest BCUT2D eigenvalue weighted by Crippen LogP contribution is -2.50. The van der Waals surface area contributed by atoms with Crippen LogP contribution >= 0.6 is 0 Å². The van der Waals surface area contributed by atoms with E-state index in [1.165, 1.54) is 16.6 Å². The number of rotatable bonds is 10. The number of hydrogen-bond acceptors (Lipinski definition) is 6. The standard InChI is InChI=1S/C31H43F3N4O5S/c1-21-19-26(38(23(3)39)16-17-43-4)20-22(2)27(21)10-18-44(41,42)37-14-12-30(13-15-37)29(40)35-28(36-30)25-7-5-24(6-8-25)9-11-31(32,33)34/h10,18-20,24-25H,5-9,11-17H2,1-4H3,(H,35,36,40)/b18-10+. The number of alkyl halides is 3. The smallest absolute Gasteiger partial charge is 0.383 e. The Kier molecular flexibility index (Phi) is 10.6. The molecule has 1 N–H and O–H groups in total. The molecule has 1 aliphatic carbocycles. The third-order valence-corrected chi connectivity index (χ3v) is 10.7. The Morgan fingerprint density at radius 3 is 2.32 bits per heavy atom. The highest BCUT2D eigenvalue weighted by atomic mass is 32.2. The molecule has 9 nitrogen and oxygen atoms in total. The van der Waals surface area contributed by atoms with Crippen LogP contribution in [0.5, 0.6) is 0 Å². The summed E-state index contributed by atoms with van der Waals surface area (Å²) < 4.78 is 70.8. The monoisotopic (exact) mass is 640 g/mol. The molecule has 13 heteroatoms. The van der Waals surface area contributed by atoms with Crippen LogP contribution in [-0.2, 0) is 24.3 Å². The average Bonchev–Trinajstić information content (AvgIpc) is 3.26. The van der Waals surface area contributed by atoms with Gasteiger partial charge in [-0.25, -0.2) is 8.42 Å². The van der Waals surface area contributed by atoms with Gasteiger partial charge in [-0.3, -0.25) is 14.6 Å². The average molecular weight is 641 g/mol. The Balaban J connectivity index is 1.37. The van der Waals surface area contributed by atoms with Crippen LogP contribution in [0.3, 0.4) is 0 Å². The lowest BCUT2D eigenvalue weighted by molar-refractivity contribution is -0.138. The second-order valence-corrected chi connectivity index (χ2v) is 14.1. The molecule has 244 valence electrons. The molecule has 1 aromatic carbocycles. The van der Waals surface area contributed by atoms with Gasteiger partial charge in [0.2, 0.25) is 15.9 Å². The second-order valence-electron chi connectivity index (χ2n) is 12.3. The molecule has 0 bridgehead atoms. The summed E-state index contributed by atoms with van der Waals surface area (Å²) in [5, 5.41) is 4.10. The van der Waals surface area contributed by atoms with Gasteiger partial charge in [-0.2, -0.15) is 17.5 Å². The van der Waals surface area contributed by atoms with E-state index in [1.54, 1.807) is 18.1 Å². The van der Waals surface area contributed by atoms with Crippen LogP contribution in [0.15, 0.2) is 22.5 Å². The van der Waals surface area contributed by atoms with Gasteiger partial charge in [-0.1, -0.05) is 0 Å². The maximum atomic E-state index is 13.3. The summed E-state index contributed by atoms with van der Waals surface area (Å²) >= 11 is 0. The Morgan fingerprint density at radius 2 is 1.77 bits per heavy atom. The number of methoxy groups -OCH3 is 1. The maximum absolute atomic E-state index is 13.3. The van der Waals surface area contributed by atoms with E-state index < -0.39 is 28.2 Å². The van der Waals surface area contributed by atoms with Crippen molar-refractivity contribution < 1.29 is 35.9 Å². The van der Waals surface area contributed by atoms with Gasteiger partial charge in [0.1, 0.15) is 11.4 Å². The molecule has 2 fully saturated rings. The molecule has 2 heterocycles. The van der Waals surface area contributed by atoms with Crippen LogP contribution in [0.2, 0.25) is 0 Å². The van der Waals surface area contributed by atoms with Crippen molar-refractivity contribution in [2.75, 3.05) is 38.3 Å². The van der Waals surface area contributed by atoms with Crippen LogP contribution < -0.4 is 10.2 Å². The van der Waals surface area contributed by atoms with Crippen molar-refractivity contribution in [2.24, 2.45) is 16.8 Å². The number of piperidine rings is 1. The van der Waals surface area contributed by atoms with Gasteiger partial charge in [0.15, 0.2) is 0 Å². The van der Waals surface area contributed by atoms with Crippen LogP contribution in [0.4, 0.5) is 18.9 Å². The van der Waals surface area contributed by atoms with E-state index in [9.17, 15) is 31.2 Å². The molecule has 0 atom stereocenters. The Labute approximate surface area is 258 Å². The topological polar surface area (TPSA) is 108 Å². The van der Waals surface area contributed by atoms with Crippen LogP contribution in [0, 0.1) is 25.7 Å². The number of ether oxygens (including phenoxy) is 1. The lowest BCUT2D eigenvalue weighted by Gasteiger charge is -2.34. The maximum Gasteiger partial charge on any atom is 0.389 e. The number of halogens is 3. The van der Waals surface area contributed by atoms with Crippen LogP contribution in [0.1, 0.15) is 75.0 Å². The van der Waals surface area contributed by atoms with E-state index in [0.29, 0.717) is 44.7 Å². The zero-order valence-electron chi connectivity index (χ0n) is 25.9. The summed E-state index contributed by atoms with van der Waals surface area (Å²) in [5.74, 6) is 0.290. The highest BCUT2D eigenvalue weighted by Gasteiger charge is 2.48. The zero-order chi connectivity index (χ0) is 32.3. The first-order chi connectivity index (χ1) is 20.6. The fourth-order valence-corrected chi connectivity index (χ4v) is 7.71. The quantitative estimate of drug-likeness (QED) is 0.382. The van der Waals surface area contributed by atoms with Crippen molar-refractivity contribution in [3.8, 4) is 0 Å². The lowest BCUT2D eigenvalue weighted by atomic mass is 9.79. The van der Waals surface area contributed by atoms with Gasteiger partial charge >= 0.3 is 6.18 Å². The number of hydrogen-bond donors (Lipinski definition) is 1. The summed E-state index contributed by atoms with van der Waals surface area (Å²) in [6.07, 6.45) is 0.0241. The van der Waals surface area contributed by atoms with E-state index in [0.717, 1.165) is 22.4 Å². The van der Waals surface area contributed by atoms with Crippen molar-refractivity contribution in [3.05, 3.63) is 34.2 Å². The molecule has 0 radical (unpaired) electrons. The van der Waals surface area contributed by atoms with Crippen molar-refractivity contribution in [1.82, 2.24) is 9.62 Å². The molecule has 2 aliphatic heterocycles. The predicted octanol–water partition coefficient (Wildman–Crippen LogP) is 5.12. The molecule has 0 aromatic heterocycles. The number of nitrogens with one attached hydrogen (secondary N) is 1. The van der Waals surface area contributed by atoms with Crippen LogP contribution in [-0.4, -0.2) is 75.4 Å². The number of amidine groups is 1. The molecule has 1 saturated heterocycles. The van der Waals surface area contributed by atoms with Gasteiger partial charge in [0.25, 0.3) is 5.91 Å². The minimum Gasteiger partial charge on any atom is -0.383 e. The largest absolute Gasteiger partial charge is 0.389 e. The first kappa shape index (κ1) is 34.1. The molecule has 2 amide bonds. The number of anilines is 1. The number of carbonyl (C=O) groups is 2. The van der Waals surface area contributed by atoms with E-state index in [2.05, 4.69) is 5.32 Å². The van der Waals surface area contributed by atoms with Gasteiger partial charge in [0.05, 0.1) is 6.61 Å². The fourth-order valence-electron chi connectivity index (χ4n) is 6.54. The summed E-state index contributed by atoms with van der Waals surface area (Å²) in [5.41, 5.74) is 2.11. The van der Waals surface area contributed by atoms with Gasteiger partial charge < -0.3 is 15.0 Å². The third kappa shape index (κ3) is 8.08. The van der Waals surface area contributed by atoms with Crippen LogP contribution in [0.25, 0.3) is 6.08 Å². The molecule has 4 rings (SSSR count). The van der Waals surface area contributed by atoms with Crippen molar-refractivity contribution in [2.45, 2.75) is 83.9 Å². The summed E-state index contributed by atoms with van der Waals surface area (Å²) in [7, 11) is -2.21. The molecule has 1 spiro atoms. The number of benzene rings is 1. The van der Waals surface area contributed by atoms with Gasteiger partial charge in [-0.15, -0.1) is 0 Å². The Hall–Kier alpha value is -2.77. The Morgan fingerprint density at radius 1 is 1.16 bits per heavy atom. The summed E-state index contributed by atoms with van der Waals surface area (Å²) in [4.78, 5) is 31.6. The van der Waals surface area contributed by atoms with Gasteiger partial charge in [0, 0.05) is 57.1 Å². The highest BCUT2D eigenvalue weighted by molar-refractivity contribution is 7.92. The normalized spacial score (nSPS) is 22.8. The molecule has 1 aromatic rings. The fraction of sp³-hybridized carbons (Fsp3) is 0.645. The molecule has 3 aliphatic rings. The van der Waals surface area contributed by atoms with E-state index in [-0.39, 0.29) is 56.0 Å². The number of amides is 2. The number of sulfonamides is 1. The zero-order valence-corrected chi connectivity index (χ0v) is 26.7. The van der Waals surface area contributed by atoms with Gasteiger partial charge in [-0.05, 0) is 99.6 Å². The summed E-state index contributed by atoms with van der Waals surface area (Å²) in [6, 6.07) is 3.70. The predicted molar refractivity (Wildman–Crippen MR) is 164 cm³/mol. The van der Waals surface area contributed by atoms with Crippen molar-refractivity contribution >= 4 is 39.4 Å². The summed E-state index contributed by atoms with van der Waals surface area (Å²) in [6.45, 7) is 6.30. The second kappa shape index (κ2) is 13.7. The van der Waals surface area contributed by atoms with E-state index in [4.69, 9.17) is 9.73 Å². The van der Waals surface area contributed by atoms with E-state index >= 15 is 0 Å². The minimum absolute atomic E-state index is 0.00512. The molecular formula is C31H43F3N4O5S. The SMILES string of the molecule is COCCN(C(C)=O)c1cc(C)c(/C=C/S(=O)(=O)N2CCC3(CC2)N=C(C2CCC(CCC(F)(F)F)CC2)NC3=O)c(C)c1. The minimum atomic E-state index is -4.14. The number of nitrogens with zero attached hydrogens (tertiary/aromatic N) is 3. The number of aliphatic imine (C=N–C) groups is 1. The first-order valence-electron chi connectivity index (χ1n) is 15.2. The molecular weight excluding hydrogens is 597 g/mol. The Bertz CT molecular complexity index is 1370. The molecule has 44 heavy (non-hydrogen) atoms. The van der Waals surface area contributed by atoms with Crippen molar-refractivity contribution in [1.29, 1.82) is 0 Å². The third-order valence-electron chi connectivity index (χ3n) is 9.17. The molecule has 1 saturated carbocycles. The van der Waals surface area contributed by atoms with E-state index in [1.807, 2.05) is 26.0 Å². The molecule has 0 unspecified atom stereocenters. The first-order valence-corrected chi connectivity index (χ1v) is 16.7. The highest BCUT2D eigenvalue weighted by Crippen LogP contribution is 2.38. The number of aryl methyl sites for hydroxylation is 2. The van der Waals surface area contributed by atoms with Crippen molar-refractivity contribution in [3.63, 3.8) is 0 Å².